The number of hydrogen-bond acceptors (Lipinski definition) is 2. The number of carbonyl (C=O) groups excluding carboxylic acids is 2. The molecule has 11 heteroatoms. The van der Waals surface area contributed by atoms with E-state index >= 15 is 0 Å². The Balaban J connectivity index is 1.55. The smallest absolute Gasteiger partial charge is 0.261 e. The van der Waals surface area contributed by atoms with Crippen LogP contribution in [0, 0.1) is 23.4 Å². The Morgan fingerprint density at radius 3 is 2.20 bits per heavy atom. The zero-order valence-electron chi connectivity index (χ0n) is 17.8. The van der Waals surface area contributed by atoms with Crippen LogP contribution in [0.5, 0.6) is 0 Å². The summed E-state index contributed by atoms with van der Waals surface area (Å²) >= 11 is 24.8. The molecule has 0 spiro atoms. The van der Waals surface area contributed by atoms with Gasteiger partial charge >= 0.3 is 0 Å². The molecular weight excluding hydrogens is 547 g/mol. The summed E-state index contributed by atoms with van der Waals surface area (Å²) in [5, 5.41) is 3.28. The van der Waals surface area contributed by atoms with E-state index in [4.69, 9.17) is 46.4 Å². The molecule has 2 atom stereocenters. The lowest BCUT2D eigenvalue weighted by Gasteiger charge is -2.19. The van der Waals surface area contributed by atoms with Crippen molar-refractivity contribution >= 4 is 69.6 Å². The van der Waals surface area contributed by atoms with Gasteiger partial charge in [-0.2, -0.15) is 0 Å². The molecule has 3 aromatic carbocycles. The average Bonchev–Trinajstić information content (AvgIpc) is 3.35. The highest BCUT2D eigenvalue weighted by atomic mass is 35.5. The molecule has 0 saturated heterocycles. The number of nitrogens with zero attached hydrogens (tertiary/aromatic N) is 1. The summed E-state index contributed by atoms with van der Waals surface area (Å²) in [6, 6.07) is 10.7. The molecule has 2 amide bonds. The van der Waals surface area contributed by atoms with E-state index in [2.05, 4.69) is 5.32 Å². The van der Waals surface area contributed by atoms with Gasteiger partial charge in [-0.1, -0.05) is 23.2 Å². The van der Waals surface area contributed by atoms with Gasteiger partial charge in [0.1, 0.15) is 21.8 Å². The number of halogens is 7. The van der Waals surface area contributed by atoms with Crippen molar-refractivity contribution < 1.29 is 22.8 Å². The fourth-order valence-corrected chi connectivity index (χ4v) is 5.22. The maximum atomic E-state index is 14.5. The number of anilines is 2. The van der Waals surface area contributed by atoms with Gasteiger partial charge in [0.25, 0.3) is 5.91 Å². The topological polar surface area (TPSA) is 49.4 Å². The summed E-state index contributed by atoms with van der Waals surface area (Å²) in [5.74, 6) is -5.67. The number of carbonyl (C=O) groups is 2. The molecule has 35 heavy (non-hydrogen) atoms. The molecule has 1 aliphatic carbocycles. The van der Waals surface area contributed by atoms with Crippen molar-refractivity contribution in [2.45, 2.75) is 10.3 Å². The van der Waals surface area contributed by atoms with Gasteiger partial charge in [0.15, 0.2) is 0 Å². The molecule has 0 radical (unpaired) electrons. The first-order valence-electron chi connectivity index (χ1n) is 10.1. The van der Waals surface area contributed by atoms with E-state index in [0.717, 1.165) is 29.2 Å². The molecule has 1 fully saturated rings. The second-order valence-corrected chi connectivity index (χ2v) is 10.3. The number of amides is 2. The molecule has 3 aromatic rings. The van der Waals surface area contributed by atoms with Crippen molar-refractivity contribution in [1.29, 1.82) is 0 Å². The summed E-state index contributed by atoms with van der Waals surface area (Å²) in [7, 11) is 1.21. The van der Waals surface area contributed by atoms with E-state index < -0.39 is 51.0 Å². The van der Waals surface area contributed by atoms with Crippen LogP contribution in [0.25, 0.3) is 0 Å². The van der Waals surface area contributed by atoms with E-state index in [-0.39, 0.29) is 11.4 Å². The third-order valence-electron chi connectivity index (χ3n) is 5.62. The van der Waals surface area contributed by atoms with Gasteiger partial charge in [-0.05, 0) is 54.1 Å². The van der Waals surface area contributed by atoms with E-state index in [1.54, 1.807) is 12.1 Å². The lowest BCUT2D eigenvalue weighted by Crippen LogP contribution is -2.28. The summed E-state index contributed by atoms with van der Waals surface area (Å²) in [4.78, 5) is 26.6. The molecule has 0 bridgehead atoms. The normalized spacial score (nSPS) is 18.2. The summed E-state index contributed by atoms with van der Waals surface area (Å²) in [5.41, 5.74) is -0.0245. The van der Waals surface area contributed by atoms with Crippen molar-refractivity contribution in [3.05, 3.63) is 93.2 Å². The summed E-state index contributed by atoms with van der Waals surface area (Å²) < 4.78 is 40.3. The predicted octanol–water partition coefficient (Wildman–Crippen LogP) is 7.21. The van der Waals surface area contributed by atoms with E-state index in [0.29, 0.717) is 21.7 Å². The Bertz CT molecular complexity index is 1330. The van der Waals surface area contributed by atoms with Crippen LogP contribution < -0.4 is 10.2 Å². The van der Waals surface area contributed by atoms with Crippen molar-refractivity contribution in [2.75, 3.05) is 17.3 Å². The number of rotatable bonds is 5. The van der Waals surface area contributed by atoms with Gasteiger partial charge in [-0.3, -0.25) is 9.59 Å². The van der Waals surface area contributed by atoms with Crippen LogP contribution in [0.1, 0.15) is 21.8 Å². The Hall–Kier alpha value is -2.45. The molecule has 1 saturated carbocycles. The van der Waals surface area contributed by atoms with Gasteiger partial charge in [0, 0.05) is 34.8 Å². The highest BCUT2D eigenvalue weighted by molar-refractivity contribution is 6.53. The third-order valence-corrected chi connectivity index (χ3v) is 7.00. The van der Waals surface area contributed by atoms with Crippen LogP contribution in [0.3, 0.4) is 0 Å². The number of benzene rings is 3. The van der Waals surface area contributed by atoms with Crippen molar-refractivity contribution in [1.82, 2.24) is 0 Å². The Morgan fingerprint density at radius 2 is 1.57 bits per heavy atom. The predicted molar refractivity (Wildman–Crippen MR) is 131 cm³/mol. The van der Waals surface area contributed by atoms with Crippen LogP contribution in [0.4, 0.5) is 24.5 Å². The monoisotopic (exact) mass is 560 g/mol. The zero-order valence-corrected chi connectivity index (χ0v) is 20.8. The number of nitrogens with one attached hydrogen (secondary N) is 1. The maximum Gasteiger partial charge on any atom is 0.261 e. The van der Waals surface area contributed by atoms with Gasteiger partial charge in [-0.15, -0.1) is 23.2 Å². The molecule has 4 nitrogen and oxygen atoms in total. The largest absolute Gasteiger partial charge is 0.326 e. The lowest BCUT2D eigenvalue weighted by molar-refractivity contribution is -0.117. The lowest BCUT2D eigenvalue weighted by atomic mass is 10.1. The van der Waals surface area contributed by atoms with E-state index in [9.17, 15) is 22.8 Å². The summed E-state index contributed by atoms with van der Waals surface area (Å²) in [6.45, 7) is 0. The Labute approximate surface area is 218 Å². The molecular formula is C24H15Cl4F3N2O2. The molecule has 0 heterocycles. The molecule has 1 aliphatic rings. The van der Waals surface area contributed by atoms with Gasteiger partial charge in [0.05, 0.1) is 17.2 Å². The van der Waals surface area contributed by atoms with E-state index in [1.165, 1.54) is 19.2 Å². The number of alkyl halides is 2. The fraction of sp³-hybridized carbons (Fsp3) is 0.167. The highest BCUT2D eigenvalue weighted by Gasteiger charge is 2.67. The minimum atomic E-state index is -1.43. The van der Waals surface area contributed by atoms with Crippen molar-refractivity contribution in [3.63, 3.8) is 0 Å². The van der Waals surface area contributed by atoms with E-state index in [1.807, 2.05) is 0 Å². The maximum absolute atomic E-state index is 14.5. The SMILES string of the molecule is CN(C(=O)c1cc(NC(=O)[C@@H]2[C@@H](c3cc(Cl)cc(Cl)c3)C2(Cl)Cl)ccc1F)c1ccc(F)cc1F. The van der Waals surface area contributed by atoms with Gasteiger partial charge in [-0.25, -0.2) is 13.2 Å². The van der Waals surface area contributed by atoms with Crippen LogP contribution in [0.15, 0.2) is 54.6 Å². The molecule has 0 aliphatic heterocycles. The Morgan fingerprint density at radius 1 is 0.914 bits per heavy atom. The fourth-order valence-electron chi connectivity index (χ4n) is 3.85. The standard InChI is InChI=1S/C24H15Cl4F3N2O2/c1-33(19-5-2-14(29)9-18(19)31)23(35)16-10-15(3-4-17(16)30)32-22(34)21-20(24(21,27)28)11-6-12(25)8-13(26)7-11/h2-10,20-21H,1H3,(H,32,34)/t20-,21+/m1/s1. The number of hydrogen-bond donors (Lipinski definition) is 1. The molecule has 1 N–H and O–H groups in total. The molecule has 0 unspecified atom stereocenters. The zero-order chi connectivity index (χ0) is 25.7. The van der Waals surface area contributed by atoms with Gasteiger partial charge in [0.2, 0.25) is 5.91 Å². The van der Waals surface area contributed by atoms with Gasteiger partial charge < -0.3 is 10.2 Å². The van der Waals surface area contributed by atoms with Crippen molar-refractivity contribution in [2.24, 2.45) is 5.92 Å². The highest BCUT2D eigenvalue weighted by Crippen LogP contribution is 2.65. The molecule has 0 aromatic heterocycles. The first kappa shape index (κ1) is 25.6. The van der Waals surface area contributed by atoms with Crippen LogP contribution in [-0.4, -0.2) is 23.2 Å². The summed E-state index contributed by atoms with van der Waals surface area (Å²) in [6.07, 6.45) is 0. The molecule has 182 valence electrons. The minimum absolute atomic E-state index is 0.0895. The second kappa shape index (κ2) is 9.54. The molecule has 4 rings (SSSR count). The Kier molecular flexibility index (Phi) is 6.99. The minimum Gasteiger partial charge on any atom is -0.326 e. The first-order chi connectivity index (χ1) is 16.4. The van der Waals surface area contributed by atoms with Crippen LogP contribution >= 0.6 is 46.4 Å². The average molecular weight is 562 g/mol. The quantitative estimate of drug-likeness (QED) is 0.334. The van der Waals surface area contributed by atoms with Crippen LogP contribution in [0.2, 0.25) is 10.0 Å². The van der Waals surface area contributed by atoms with Crippen molar-refractivity contribution in [3.8, 4) is 0 Å². The second-order valence-electron chi connectivity index (χ2n) is 7.98. The first-order valence-corrected chi connectivity index (χ1v) is 11.6. The van der Waals surface area contributed by atoms with Crippen LogP contribution in [-0.2, 0) is 4.79 Å². The third kappa shape index (κ3) is 5.09.